The summed E-state index contributed by atoms with van der Waals surface area (Å²) < 4.78 is 45.6. The second-order valence-corrected chi connectivity index (χ2v) is 8.68. The van der Waals surface area contributed by atoms with E-state index in [0.29, 0.717) is 42.7 Å². The summed E-state index contributed by atoms with van der Waals surface area (Å²) in [5.74, 6) is 0.342. The standard InChI is InChI=1S/C16H19FN2O3S2/c1-22-15-5-4-14(17)11-13(15)12-18-6-8-19(9-7-18)24(20,21)16-3-2-10-23-16/h2-5,10-11H,6-9,12H2,1H3. The number of hydrogen-bond donors (Lipinski definition) is 0. The van der Waals surface area contributed by atoms with Crippen LogP contribution in [-0.4, -0.2) is 50.9 Å². The normalized spacial score (nSPS) is 17.1. The van der Waals surface area contributed by atoms with Gasteiger partial charge in [0, 0.05) is 38.3 Å². The zero-order valence-corrected chi connectivity index (χ0v) is 14.9. The van der Waals surface area contributed by atoms with Crippen molar-refractivity contribution in [3.05, 3.63) is 47.1 Å². The summed E-state index contributed by atoms with van der Waals surface area (Å²) in [5.41, 5.74) is 0.770. The van der Waals surface area contributed by atoms with Crippen molar-refractivity contribution in [2.24, 2.45) is 0 Å². The van der Waals surface area contributed by atoms with Gasteiger partial charge in [-0.15, -0.1) is 11.3 Å². The van der Waals surface area contributed by atoms with E-state index < -0.39 is 10.0 Å². The summed E-state index contributed by atoms with van der Waals surface area (Å²) in [6.07, 6.45) is 0. The fraction of sp³-hybridized carbons (Fsp3) is 0.375. The lowest BCUT2D eigenvalue weighted by Crippen LogP contribution is -2.48. The molecule has 8 heteroatoms. The molecule has 0 aliphatic carbocycles. The van der Waals surface area contributed by atoms with Crippen molar-refractivity contribution in [3.63, 3.8) is 0 Å². The molecule has 0 radical (unpaired) electrons. The first kappa shape index (κ1) is 17.3. The largest absolute Gasteiger partial charge is 0.496 e. The van der Waals surface area contributed by atoms with Crippen molar-refractivity contribution in [1.29, 1.82) is 0 Å². The lowest BCUT2D eigenvalue weighted by Gasteiger charge is -2.33. The van der Waals surface area contributed by atoms with Crippen LogP contribution in [0.25, 0.3) is 0 Å². The average molecular weight is 370 g/mol. The van der Waals surface area contributed by atoms with Crippen molar-refractivity contribution in [1.82, 2.24) is 9.21 Å². The number of halogens is 1. The van der Waals surface area contributed by atoms with E-state index in [0.717, 1.165) is 5.56 Å². The van der Waals surface area contributed by atoms with Gasteiger partial charge in [-0.05, 0) is 29.6 Å². The molecule has 0 unspecified atom stereocenters. The Morgan fingerprint density at radius 2 is 1.96 bits per heavy atom. The summed E-state index contributed by atoms with van der Waals surface area (Å²) in [6.45, 7) is 2.60. The maximum atomic E-state index is 13.5. The Kier molecular flexibility index (Phi) is 5.19. The Labute approximate surface area is 145 Å². The van der Waals surface area contributed by atoms with E-state index in [9.17, 15) is 12.8 Å². The zero-order chi connectivity index (χ0) is 17.2. The van der Waals surface area contributed by atoms with Gasteiger partial charge in [-0.3, -0.25) is 4.90 Å². The van der Waals surface area contributed by atoms with E-state index in [-0.39, 0.29) is 5.82 Å². The molecule has 2 heterocycles. The van der Waals surface area contributed by atoms with Gasteiger partial charge in [-0.1, -0.05) is 6.07 Å². The molecular formula is C16H19FN2O3S2. The van der Waals surface area contributed by atoms with Crippen LogP contribution in [0.15, 0.2) is 39.9 Å². The molecule has 0 bridgehead atoms. The Hall–Kier alpha value is -1.48. The van der Waals surface area contributed by atoms with Crippen LogP contribution in [0.4, 0.5) is 4.39 Å². The molecule has 5 nitrogen and oxygen atoms in total. The summed E-state index contributed by atoms with van der Waals surface area (Å²) in [5, 5.41) is 1.76. The molecule has 24 heavy (non-hydrogen) atoms. The van der Waals surface area contributed by atoms with Crippen LogP contribution >= 0.6 is 11.3 Å². The van der Waals surface area contributed by atoms with Gasteiger partial charge in [-0.25, -0.2) is 12.8 Å². The third-order valence-electron chi connectivity index (χ3n) is 4.06. The molecule has 0 atom stereocenters. The van der Waals surface area contributed by atoms with E-state index in [1.807, 2.05) is 0 Å². The van der Waals surface area contributed by atoms with Gasteiger partial charge < -0.3 is 4.74 Å². The molecule has 130 valence electrons. The molecule has 1 aromatic heterocycles. The molecule has 0 N–H and O–H groups in total. The van der Waals surface area contributed by atoms with Gasteiger partial charge in [0.05, 0.1) is 7.11 Å². The fourth-order valence-electron chi connectivity index (χ4n) is 2.78. The molecule has 0 amide bonds. The smallest absolute Gasteiger partial charge is 0.252 e. The highest BCUT2D eigenvalue weighted by Crippen LogP contribution is 2.24. The highest BCUT2D eigenvalue weighted by atomic mass is 32.2. The van der Waals surface area contributed by atoms with Crippen LogP contribution < -0.4 is 4.74 Å². The minimum Gasteiger partial charge on any atom is -0.496 e. The second kappa shape index (κ2) is 7.18. The number of benzene rings is 1. The topological polar surface area (TPSA) is 49.9 Å². The minimum atomic E-state index is -3.39. The van der Waals surface area contributed by atoms with Crippen LogP contribution in [0.2, 0.25) is 0 Å². The molecule has 1 aliphatic rings. The van der Waals surface area contributed by atoms with Gasteiger partial charge in [0.2, 0.25) is 0 Å². The van der Waals surface area contributed by atoms with E-state index >= 15 is 0 Å². The van der Waals surface area contributed by atoms with Gasteiger partial charge in [0.25, 0.3) is 10.0 Å². The molecule has 0 spiro atoms. The lowest BCUT2D eigenvalue weighted by molar-refractivity contribution is 0.180. The minimum absolute atomic E-state index is 0.301. The van der Waals surface area contributed by atoms with Crippen LogP contribution in [0.5, 0.6) is 5.75 Å². The summed E-state index contributed by atoms with van der Waals surface area (Å²) in [7, 11) is -1.84. The Morgan fingerprint density at radius 1 is 1.21 bits per heavy atom. The molecule has 0 saturated carbocycles. The fourth-order valence-corrected chi connectivity index (χ4v) is 5.34. The maximum Gasteiger partial charge on any atom is 0.252 e. The summed E-state index contributed by atoms with van der Waals surface area (Å²) in [6, 6.07) is 7.82. The quantitative estimate of drug-likeness (QED) is 0.811. The third-order valence-corrected chi connectivity index (χ3v) is 7.33. The number of nitrogens with zero attached hydrogens (tertiary/aromatic N) is 2. The molecule has 1 saturated heterocycles. The van der Waals surface area contributed by atoms with E-state index in [2.05, 4.69) is 4.90 Å². The van der Waals surface area contributed by atoms with Crippen molar-refractivity contribution < 1.29 is 17.5 Å². The number of hydrogen-bond acceptors (Lipinski definition) is 5. The number of piperazine rings is 1. The average Bonchev–Trinajstić information content (AvgIpc) is 3.11. The van der Waals surface area contributed by atoms with Crippen molar-refractivity contribution >= 4 is 21.4 Å². The van der Waals surface area contributed by atoms with E-state index in [1.165, 1.54) is 27.8 Å². The predicted octanol–water partition coefficient (Wildman–Crippen LogP) is 2.40. The summed E-state index contributed by atoms with van der Waals surface area (Å²) in [4.78, 5) is 2.11. The van der Waals surface area contributed by atoms with Gasteiger partial charge in [-0.2, -0.15) is 4.31 Å². The maximum absolute atomic E-state index is 13.5. The number of thiophene rings is 1. The number of rotatable bonds is 5. The van der Waals surface area contributed by atoms with E-state index in [1.54, 1.807) is 30.7 Å². The van der Waals surface area contributed by atoms with Gasteiger partial charge >= 0.3 is 0 Å². The highest BCUT2D eigenvalue weighted by Gasteiger charge is 2.29. The monoisotopic (exact) mass is 370 g/mol. The molecule has 1 aromatic carbocycles. The first-order valence-corrected chi connectivity index (χ1v) is 9.91. The van der Waals surface area contributed by atoms with Crippen molar-refractivity contribution in [2.75, 3.05) is 33.3 Å². The van der Waals surface area contributed by atoms with Crippen LogP contribution in [-0.2, 0) is 16.6 Å². The Balaban J connectivity index is 1.65. The zero-order valence-electron chi connectivity index (χ0n) is 13.3. The molecule has 3 rings (SSSR count). The molecule has 1 aliphatic heterocycles. The number of ether oxygens (including phenoxy) is 1. The van der Waals surface area contributed by atoms with Crippen molar-refractivity contribution in [2.45, 2.75) is 10.8 Å². The first-order chi connectivity index (χ1) is 11.5. The highest BCUT2D eigenvalue weighted by molar-refractivity contribution is 7.91. The third kappa shape index (κ3) is 3.61. The first-order valence-electron chi connectivity index (χ1n) is 7.59. The van der Waals surface area contributed by atoms with Crippen molar-refractivity contribution in [3.8, 4) is 5.75 Å². The van der Waals surface area contributed by atoms with Crippen LogP contribution in [0.3, 0.4) is 0 Å². The molecule has 2 aromatic rings. The number of sulfonamides is 1. The van der Waals surface area contributed by atoms with Crippen LogP contribution in [0.1, 0.15) is 5.56 Å². The predicted molar refractivity (Wildman–Crippen MR) is 91.3 cm³/mol. The van der Waals surface area contributed by atoms with Gasteiger partial charge in [0.15, 0.2) is 0 Å². The second-order valence-electron chi connectivity index (χ2n) is 5.57. The number of methoxy groups -OCH3 is 1. The van der Waals surface area contributed by atoms with Crippen LogP contribution in [0, 0.1) is 5.82 Å². The molecule has 1 fully saturated rings. The Bertz CT molecular complexity index is 786. The van der Waals surface area contributed by atoms with Gasteiger partial charge in [0.1, 0.15) is 15.8 Å². The SMILES string of the molecule is COc1ccc(F)cc1CN1CCN(S(=O)(=O)c2cccs2)CC1. The van der Waals surface area contributed by atoms with E-state index in [4.69, 9.17) is 4.74 Å². The Morgan fingerprint density at radius 3 is 2.58 bits per heavy atom. The lowest BCUT2D eigenvalue weighted by atomic mass is 10.1. The molecular weight excluding hydrogens is 351 g/mol. The summed E-state index contributed by atoms with van der Waals surface area (Å²) >= 11 is 1.23.